The standard InChI is InChI=1S/C17H20N8O2/c1-23-14(10-24-7-4-18-11-24)21-22-16(23)12-2-5-25(6-3-12)17(27)13-8-20-15(26)9-19-13/h4,7-9,11-12H,2-3,5-6,10H2,1H3,(H,20,26). The van der Waals surface area contributed by atoms with Gasteiger partial charge in [-0.05, 0) is 12.8 Å². The van der Waals surface area contributed by atoms with Gasteiger partial charge in [-0.1, -0.05) is 0 Å². The number of amides is 1. The Morgan fingerprint density at radius 1 is 1.30 bits per heavy atom. The van der Waals surface area contributed by atoms with E-state index in [1.54, 1.807) is 17.4 Å². The molecule has 140 valence electrons. The van der Waals surface area contributed by atoms with Crippen molar-refractivity contribution in [2.45, 2.75) is 25.3 Å². The molecule has 0 spiro atoms. The molecular formula is C17H20N8O2. The first kappa shape index (κ1) is 17.1. The van der Waals surface area contributed by atoms with Crippen LogP contribution >= 0.6 is 0 Å². The number of carbonyl (C=O) groups is 1. The van der Waals surface area contributed by atoms with Crippen molar-refractivity contribution in [3.8, 4) is 0 Å². The van der Waals surface area contributed by atoms with Crippen LogP contribution in [0.3, 0.4) is 0 Å². The lowest BCUT2D eigenvalue weighted by atomic mass is 9.95. The third-order valence-electron chi connectivity index (χ3n) is 4.92. The molecule has 1 N–H and O–H groups in total. The lowest BCUT2D eigenvalue weighted by Gasteiger charge is -2.31. The normalized spacial score (nSPS) is 15.2. The molecule has 10 heteroatoms. The van der Waals surface area contributed by atoms with Crippen molar-refractivity contribution in [2.75, 3.05) is 13.1 Å². The highest BCUT2D eigenvalue weighted by Gasteiger charge is 2.28. The number of imidazole rings is 1. The molecule has 0 saturated carbocycles. The third-order valence-corrected chi connectivity index (χ3v) is 4.92. The minimum absolute atomic E-state index is 0.163. The van der Waals surface area contributed by atoms with Crippen LogP contribution in [0, 0.1) is 0 Å². The lowest BCUT2D eigenvalue weighted by molar-refractivity contribution is 0.0704. The fraction of sp³-hybridized carbons (Fsp3) is 0.412. The van der Waals surface area contributed by atoms with Gasteiger partial charge in [0.2, 0.25) is 0 Å². The summed E-state index contributed by atoms with van der Waals surface area (Å²) in [7, 11) is 1.98. The first-order chi connectivity index (χ1) is 13.1. The molecule has 1 aliphatic heterocycles. The zero-order valence-corrected chi connectivity index (χ0v) is 14.9. The summed E-state index contributed by atoms with van der Waals surface area (Å²) in [5, 5.41) is 8.70. The van der Waals surface area contributed by atoms with Crippen LogP contribution in [0.1, 0.15) is 40.9 Å². The second-order valence-electron chi connectivity index (χ2n) is 6.63. The molecule has 1 aliphatic rings. The van der Waals surface area contributed by atoms with Crippen LogP contribution in [0.25, 0.3) is 0 Å². The molecule has 0 atom stereocenters. The summed E-state index contributed by atoms with van der Waals surface area (Å²) in [6.45, 7) is 1.86. The van der Waals surface area contributed by atoms with Crippen LogP contribution in [0.2, 0.25) is 0 Å². The smallest absolute Gasteiger partial charge is 0.273 e. The number of nitrogens with one attached hydrogen (secondary N) is 1. The molecule has 3 aromatic heterocycles. The summed E-state index contributed by atoms with van der Waals surface area (Å²) in [5.74, 6) is 1.91. The van der Waals surface area contributed by atoms with Crippen LogP contribution in [0.4, 0.5) is 0 Å². The molecule has 0 aromatic carbocycles. The number of piperidine rings is 1. The quantitative estimate of drug-likeness (QED) is 0.702. The van der Waals surface area contributed by atoms with Gasteiger partial charge in [-0.3, -0.25) is 9.59 Å². The second kappa shape index (κ2) is 7.14. The summed E-state index contributed by atoms with van der Waals surface area (Å²) in [6.07, 6.45) is 9.50. The molecule has 0 radical (unpaired) electrons. The minimum atomic E-state index is -0.320. The van der Waals surface area contributed by atoms with Gasteiger partial charge in [0.15, 0.2) is 5.82 Å². The molecule has 1 amide bonds. The highest BCUT2D eigenvalue weighted by molar-refractivity contribution is 5.92. The van der Waals surface area contributed by atoms with Crippen LogP contribution in [-0.4, -0.2) is 58.2 Å². The zero-order valence-electron chi connectivity index (χ0n) is 14.9. The number of nitrogens with zero attached hydrogens (tertiary/aromatic N) is 7. The zero-order chi connectivity index (χ0) is 18.8. The summed E-state index contributed by atoms with van der Waals surface area (Å²) in [5.41, 5.74) is -0.0617. The maximum absolute atomic E-state index is 12.5. The monoisotopic (exact) mass is 368 g/mol. The Morgan fingerprint density at radius 2 is 2.11 bits per heavy atom. The van der Waals surface area contributed by atoms with E-state index in [1.165, 1.54) is 6.20 Å². The number of aromatic amines is 1. The van der Waals surface area contributed by atoms with Gasteiger partial charge < -0.3 is 19.0 Å². The van der Waals surface area contributed by atoms with Crippen molar-refractivity contribution >= 4 is 5.91 Å². The number of H-pyrrole nitrogens is 1. The van der Waals surface area contributed by atoms with E-state index in [1.807, 2.05) is 22.4 Å². The summed E-state index contributed by atoms with van der Waals surface area (Å²) < 4.78 is 3.98. The molecule has 0 bridgehead atoms. The van der Waals surface area contributed by atoms with Gasteiger partial charge >= 0.3 is 0 Å². The number of hydrogen-bond donors (Lipinski definition) is 1. The summed E-state index contributed by atoms with van der Waals surface area (Å²) in [4.78, 5) is 35.8. The van der Waals surface area contributed by atoms with E-state index in [0.29, 0.717) is 19.6 Å². The molecule has 4 heterocycles. The average molecular weight is 368 g/mol. The topological polar surface area (TPSA) is 115 Å². The van der Waals surface area contributed by atoms with Gasteiger partial charge in [0.05, 0.1) is 19.1 Å². The van der Waals surface area contributed by atoms with Crippen molar-refractivity contribution in [3.05, 3.63) is 58.8 Å². The highest BCUT2D eigenvalue weighted by Crippen LogP contribution is 2.27. The molecule has 3 aromatic rings. The van der Waals surface area contributed by atoms with Crippen LogP contribution in [0.5, 0.6) is 0 Å². The number of rotatable bonds is 4. The highest BCUT2D eigenvalue weighted by atomic mass is 16.2. The molecule has 1 saturated heterocycles. The Hall–Kier alpha value is -3.30. The Kier molecular flexibility index (Phi) is 4.53. The van der Waals surface area contributed by atoms with E-state index in [0.717, 1.165) is 30.7 Å². The molecule has 4 rings (SSSR count). The van der Waals surface area contributed by atoms with Crippen molar-refractivity contribution in [1.29, 1.82) is 0 Å². The van der Waals surface area contributed by atoms with Crippen molar-refractivity contribution in [1.82, 2.24) is 39.2 Å². The van der Waals surface area contributed by atoms with Crippen LogP contribution < -0.4 is 5.56 Å². The van der Waals surface area contributed by atoms with E-state index in [9.17, 15) is 9.59 Å². The summed E-state index contributed by atoms with van der Waals surface area (Å²) in [6, 6.07) is 0. The third kappa shape index (κ3) is 3.50. The molecule has 1 fully saturated rings. The predicted octanol–water partition coefficient (Wildman–Crippen LogP) is 0.163. The van der Waals surface area contributed by atoms with E-state index < -0.39 is 0 Å². The van der Waals surface area contributed by atoms with Gasteiger partial charge in [-0.15, -0.1) is 10.2 Å². The van der Waals surface area contributed by atoms with Crippen LogP contribution in [0.15, 0.2) is 35.9 Å². The molecule has 27 heavy (non-hydrogen) atoms. The number of likely N-dealkylation sites (tertiary alicyclic amines) is 1. The Bertz CT molecular complexity index is 962. The first-order valence-electron chi connectivity index (χ1n) is 8.79. The summed E-state index contributed by atoms with van der Waals surface area (Å²) >= 11 is 0. The van der Waals surface area contributed by atoms with Gasteiger partial charge in [0, 0.05) is 44.6 Å². The van der Waals surface area contributed by atoms with E-state index in [4.69, 9.17) is 0 Å². The van der Waals surface area contributed by atoms with E-state index >= 15 is 0 Å². The molecule has 0 aliphatic carbocycles. The van der Waals surface area contributed by atoms with Gasteiger partial charge in [0.1, 0.15) is 11.5 Å². The first-order valence-corrected chi connectivity index (χ1v) is 8.79. The fourth-order valence-electron chi connectivity index (χ4n) is 3.37. The average Bonchev–Trinajstić information content (AvgIpc) is 3.33. The largest absolute Gasteiger partial charge is 0.337 e. The fourth-order valence-corrected chi connectivity index (χ4v) is 3.37. The predicted molar refractivity (Wildman–Crippen MR) is 95.1 cm³/mol. The Balaban J connectivity index is 1.40. The Morgan fingerprint density at radius 3 is 2.78 bits per heavy atom. The van der Waals surface area contributed by atoms with Gasteiger partial charge in [-0.2, -0.15) is 0 Å². The molecule has 10 nitrogen and oxygen atoms in total. The lowest BCUT2D eigenvalue weighted by Crippen LogP contribution is -2.39. The molecule has 0 unspecified atom stereocenters. The Labute approximate surface area is 154 Å². The second-order valence-corrected chi connectivity index (χ2v) is 6.63. The maximum atomic E-state index is 12.5. The maximum Gasteiger partial charge on any atom is 0.273 e. The number of hydrogen-bond acceptors (Lipinski definition) is 6. The van der Waals surface area contributed by atoms with Crippen molar-refractivity contribution in [3.63, 3.8) is 0 Å². The van der Waals surface area contributed by atoms with Gasteiger partial charge in [0.25, 0.3) is 11.5 Å². The van der Waals surface area contributed by atoms with E-state index in [2.05, 4.69) is 25.1 Å². The number of aromatic nitrogens is 7. The van der Waals surface area contributed by atoms with E-state index in [-0.39, 0.29) is 23.1 Å². The molecular weight excluding hydrogens is 348 g/mol. The minimum Gasteiger partial charge on any atom is -0.337 e. The SMILES string of the molecule is Cn1c(Cn2ccnc2)nnc1C1CCN(C(=O)c2c[nH]c(=O)cn2)CC1. The van der Waals surface area contributed by atoms with Gasteiger partial charge in [-0.25, -0.2) is 9.97 Å². The number of carbonyl (C=O) groups excluding carboxylic acids is 1. The van der Waals surface area contributed by atoms with Crippen LogP contribution in [-0.2, 0) is 13.6 Å². The van der Waals surface area contributed by atoms with Crippen molar-refractivity contribution in [2.24, 2.45) is 7.05 Å². The van der Waals surface area contributed by atoms with Crippen molar-refractivity contribution < 1.29 is 4.79 Å².